The maximum Gasteiger partial charge on any atom is 0.273 e. The summed E-state index contributed by atoms with van der Waals surface area (Å²) in [6.07, 6.45) is 3.72. The minimum absolute atomic E-state index is 0.111. The zero-order valence-corrected chi connectivity index (χ0v) is 7.31. The molecule has 1 heterocycles. The monoisotopic (exact) mass is 179 g/mol. The highest BCUT2D eigenvalue weighted by Gasteiger charge is 2.29. The van der Waals surface area contributed by atoms with E-state index < -0.39 is 0 Å². The number of aromatic nitrogens is 1. The Kier molecular flexibility index (Phi) is 1.84. The lowest BCUT2D eigenvalue weighted by atomic mass is 9.87. The first-order valence-corrected chi connectivity index (χ1v) is 4.42. The van der Waals surface area contributed by atoms with Crippen molar-refractivity contribution < 1.29 is 0 Å². The third kappa shape index (κ3) is 1.23. The molecule has 1 aliphatic carbocycles. The van der Waals surface area contributed by atoms with E-state index in [2.05, 4.69) is 0 Å². The summed E-state index contributed by atoms with van der Waals surface area (Å²) in [4.78, 5) is 11.5. The number of nitrogens with zero attached hydrogens (tertiary/aromatic N) is 1. The zero-order chi connectivity index (χ0) is 9.42. The second-order valence-electron chi connectivity index (χ2n) is 3.48. The van der Waals surface area contributed by atoms with Gasteiger partial charge in [-0.15, -0.1) is 0 Å². The SMILES string of the molecule is Nc1cccn([C@@H]2CC[C@H]2N)c1=O. The third-order valence-corrected chi connectivity index (χ3v) is 2.65. The summed E-state index contributed by atoms with van der Waals surface area (Å²) in [6, 6.07) is 3.65. The summed E-state index contributed by atoms with van der Waals surface area (Å²) in [7, 11) is 0. The standard InChI is InChI=1S/C9H13N3O/c10-6-3-4-8(6)12-5-1-2-7(11)9(12)13/h1-2,5-6,8H,3-4,10-11H2/t6-,8-/m1/s1. The van der Waals surface area contributed by atoms with Crippen LogP contribution in [0.5, 0.6) is 0 Å². The van der Waals surface area contributed by atoms with E-state index >= 15 is 0 Å². The smallest absolute Gasteiger partial charge is 0.273 e. The van der Waals surface area contributed by atoms with E-state index in [4.69, 9.17) is 11.5 Å². The molecule has 0 amide bonds. The molecule has 0 aliphatic heterocycles. The molecule has 4 heteroatoms. The predicted octanol–water partition coefficient (Wildman–Crippen LogP) is 0.0927. The van der Waals surface area contributed by atoms with Gasteiger partial charge in [-0.05, 0) is 25.0 Å². The third-order valence-electron chi connectivity index (χ3n) is 2.65. The minimum atomic E-state index is -0.123. The van der Waals surface area contributed by atoms with Crippen molar-refractivity contribution in [1.29, 1.82) is 0 Å². The maximum absolute atomic E-state index is 11.5. The molecule has 1 fully saturated rings. The Morgan fingerprint density at radius 2 is 2.23 bits per heavy atom. The first-order chi connectivity index (χ1) is 6.20. The topological polar surface area (TPSA) is 74.0 Å². The molecule has 1 aliphatic rings. The molecule has 70 valence electrons. The highest BCUT2D eigenvalue weighted by Crippen LogP contribution is 2.29. The van der Waals surface area contributed by atoms with E-state index in [1.807, 2.05) is 0 Å². The summed E-state index contributed by atoms with van der Waals surface area (Å²) >= 11 is 0. The van der Waals surface area contributed by atoms with Crippen molar-refractivity contribution in [2.24, 2.45) is 5.73 Å². The van der Waals surface area contributed by atoms with Gasteiger partial charge in [-0.3, -0.25) is 4.79 Å². The first-order valence-electron chi connectivity index (χ1n) is 4.42. The van der Waals surface area contributed by atoms with Gasteiger partial charge in [0.05, 0.1) is 11.7 Å². The van der Waals surface area contributed by atoms with Crippen LogP contribution in [0.2, 0.25) is 0 Å². The van der Waals surface area contributed by atoms with Crippen LogP contribution in [0.25, 0.3) is 0 Å². The predicted molar refractivity (Wildman–Crippen MR) is 51.4 cm³/mol. The van der Waals surface area contributed by atoms with Crippen LogP contribution in [0.4, 0.5) is 5.69 Å². The lowest BCUT2D eigenvalue weighted by Crippen LogP contribution is -2.44. The van der Waals surface area contributed by atoms with E-state index in [1.165, 1.54) is 0 Å². The zero-order valence-electron chi connectivity index (χ0n) is 7.31. The average molecular weight is 179 g/mol. The van der Waals surface area contributed by atoms with Gasteiger partial charge in [0.25, 0.3) is 5.56 Å². The molecule has 2 rings (SSSR count). The van der Waals surface area contributed by atoms with Gasteiger partial charge in [-0.25, -0.2) is 0 Å². The van der Waals surface area contributed by atoms with Gasteiger partial charge < -0.3 is 16.0 Å². The summed E-state index contributed by atoms with van der Waals surface area (Å²) in [5.74, 6) is 0. The second-order valence-corrected chi connectivity index (χ2v) is 3.48. The van der Waals surface area contributed by atoms with E-state index in [9.17, 15) is 4.79 Å². The van der Waals surface area contributed by atoms with Gasteiger partial charge in [0.15, 0.2) is 0 Å². The summed E-state index contributed by atoms with van der Waals surface area (Å²) < 4.78 is 1.64. The van der Waals surface area contributed by atoms with Crippen molar-refractivity contribution in [2.45, 2.75) is 24.9 Å². The van der Waals surface area contributed by atoms with Crippen molar-refractivity contribution in [3.63, 3.8) is 0 Å². The van der Waals surface area contributed by atoms with E-state index in [0.717, 1.165) is 12.8 Å². The molecular weight excluding hydrogens is 166 g/mol. The molecule has 13 heavy (non-hydrogen) atoms. The first kappa shape index (κ1) is 8.31. The highest BCUT2D eigenvalue weighted by atomic mass is 16.1. The van der Waals surface area contributed by atoms with Crippen molar-refractivity contribution in [2.75, 3.05) is 5.73 Å². The number of nitrogens with two attached hydrogens (primary N) is 2. The van der Waals surface area contributed by atoms with Gasteiger partial charge in [0.1, 0.15) is 0 Å². The molecule has 1 aromatic rings. The Labute approximate surface area is 76.2 Å². The van der Waals surface area contributed by atoms with Crippen molar-refractivity contribution in [3.8, 4) is 0 Å². The second kappa shape index (κ2) is 2.88. The molecule has 1 saturated carbocycles. The quantitative estimate of drug-likeness (QED) is 0.641. The lowest BCUT2D eigenvalue weighted by molar-refractivity contribution is 0.253. The molecule has 0 saturated heterocycles. The number of hydrogen-bond acceptors (Lipinski definition) is 3. The van der Waals surface area contributed by atoms with Gasteiger partial charge in [0, 0.05) is 12.2 Å². The number of nitrogen functional groups attached to an aromatic ring is 1. The fourth-order valence-corrected chi connectivity index (χ4v) is 1.64. The molecule has 4 nitrogen and oxygen atoms in total. The number of anilines is 1. The largest absolute Gasteiger partial charge is 0.394 e. The molecule has 0 radical (unpaired) electrons. The van der Waals surface area contributed by atoms with Gasteiger partial charge in [0.2, 0.25) is 0 Å². The number of rotatable bonds is 1. The van der Waals surface area contributed by atoms with E-state index in [0.29, 0.717) is 5.69 Å². The van der Waals surface area contributed by atoms with E-state index in [1.54, 1.807) is 22.9 Å². The van der Waals surface area contributed by atoms with Crippen LogP contribution < -0.4 is 17.0 Å². The molecule has 2 atom stereocenters. The minimum Gasteiger partial charge on any atom is -0.394 e. The fourth-order valence-electron chi connectivity index (χ4n) is 1.64. The average Bonchev–Trinajstić information content (AvgIpc) is 2.10. The Bertz CT molecular complexity index is 371. The maximum atomic E-state index is 11.5. The van der Waals surface area contributed by atoms with Crippen LogP contribution in [0, 0.1) is 0 Å². The van der Waals surface area contributed by atoms with Crippen molar-refractivity contribution >= 4 is 5.69 Å². The van der Waals surface area contributed by atoms with Crippen LogP contribution in [-0.4, -0.2) is 10.6 Å². The molecule has 0 aromatic carbocycles. The van der Waals surface area contributed by atoms with Crippen molar-refractivity contribution in [1.82, 2.24) is 4.57 Å². The Hall–Kier alpha value is -1.29. The Balaban J connectivity index is 2.40. The lowest BCUT2D eigenvalue weighted by Gasteiger charge is -2.34. The van der Waals surface area contributed by atoms with Crippen molar-refractivity contribution in [3.05, 3.63) is 28.7 Å². The van der Waals surface area contributed by atoms with Gasteiger partial charge >= 0.3 is 0 Å². The highest BCUT2D eigenvalue weighted by molar-refractivity contribution is 5.34. The fraction of sp³-hybridized carbons (Fsp3) is 0.444. The number of pyridine rings is 1. The van der Waals surface area contributed by atoms with Crippen LogP contribution in [0.1, 0.15) is 18.9 Å². The molecule has 4 N–H and O–H groups in total. The van der Waals surface area contributed by atoms with Crippen LogP contribution in [-0.2, 0) is 0 Å². The number of hydrogen-bond donors (Lipinski definition) is 2. The van der Waals surface area contributed by atoms with Crippen LogP contribution >= 0.6 is 0 Å². The Morgan fingerprint density at radius 1 is 1.46 bits per heavy atom. The molecule has 0 unspecified atom stereocenters. The summed E-state index contributed by atoms with van der Waals surface area (Å²) in [5.41, 5.74) is 11.5. The molecule has 0 bridgehead atoms. The van der Waals surface area contributed by atoms with Gasteiger partial charge in [-0.1, -0.05) is 0 Å². The normalized spacial score (nSPS) is 26.8. The molecule has 1 aromatic heterocycles. The Morgan fingerprint density at radius 3 is 2.77 bits per heavy atom. The van der Waals surface area contributed by atoms with Gasteiger partial charge in [-0.2, -0.15) is 0 Å². The summed E-state index contributed by atoms with van der Waals surface area (Å²) in [5, 5.41) is 0. The van der Waals surface area contributed by atoms with E-state index in [-0.39, 0.29) is 17.6 Å². The molecule has 0 spiro atoms. The van der Waals surface area contributed by atoms with Crippen LogP contribution in [0.15, 0.2) is 23.1 Å². The van der Waals surface area contributed by atoms with Crippen LogP contribution in [0.3, 0.4) is 0 Å². The molecular formula is C9H13N3O. The summed E-state index contributed by atoms with van der Waals surface area (Å²) in [6.45, 7) is 0.